The van der Waals surface area contributed by atoms with E-state index >= 15 is 0 Å². The first-order valence-electron chi connectivity index (χ1n) is 7.64. The summed E-state index contributed by atoms with van der Waals surface area (Å²) in [5.41, 5.74) is 8.22. The molecule has 2 aromatic rings. The van der Waals surface area contributed by atoms with Gasteiger partial charge in [0, 0.05) is 24.2 Å². The number of hydrogen-bond acceptors (Lipinski definition) is 2. The van der Waals surface area contributed by atoms with Crippen molar-refractivity contribution in [2.24, 2.45) is 5.73 Å². The molecule has 0 radical (unpaired) electrons. The van der Waals surface area contributed by atoms with Crippen molar-refractivity contribution in [2.45, 2.75) is 31.7 Å². The number of anilines is 1. The molecule has 0 aliphatic heterocycles. The van der Waals surface area contributed by atoms with Crippen LogP contribution in [0.3, 0.4) is 0 Å². The molecule has 0 fully saturated rings. The van der Waals surface area contributed by atoms with Gasteiger partial charge < -0.3 is 11.1 Å². The normalized spacial score (nSPS) is 16.2. The van der Waals surface area contributed by atoms with Crippen LogP contribution >= 0.6 is 0 Å². The summed E-state index contributed by atoms with van der Waals surface area (Å²) < 4.78 is 27.1. The third kappa shape index (κ3) is 3.24. The summed E-state index contributed by atoms with van der Waals surface area (Å²) in [7, 11) is 0. The lowest BCUT2D eigenvalue weighted by atomic mass is 9.97. The lowest BCUT2D eigenvalue weighted by molar-refractivity contribution is -0.116. The molecule has 1 aliphatic rings. The number of benzene rings is 2. The number of aryl methyl sites for hydroxylation is 1. The Morgan fingerprint density at radius 3 is 2.87 bits per heavy atom. The van der Waals surface area contributed by atoms with Crippen molar-refractivity contribution < 1.29 is 13.6 Å². The van der Waals surface area contributed by atoms with Crippen LogP contribution in [0.4, 0.5) is 14.5 Å². The van der Waals surface area contributed by atoms with Gasteiger partial charge >= 0.3 is 0 Å². The van der Waals surface area contributed by atoms with Gasteiger partial charge in [-0.3, -0.25) is 4.79 Å². The van der Waals surface area contributed by atoms with Crippen molar-refractivity contribution >= 4 is 11.6 Å². The molecule has 0 heterocycles. The Hall–Kier alpha value is -2.27. The third-order valence-corrected chi connectivity index (χ3v) is 4.34. The molecule has 1 aliphatic carbocycles. The van der Waals surface area contributed by atoms with Gasteiger partial charge in [-0.2, -0.15) is 0 Å². The molecule has 3 rings (SSSR count). The number of rotatable bonds is 4. The summed E-state index contributed by atoms with van der Waals surface area (Å²) in [6, 6.07) is 9.21. The van der Waals surface area contributed by atoms with Crippen molar-refractivity contribution in [3.63, 3.8) is 0 Å². The average Bonchev–Trinajstić information content (AvgIpc) is 2.90. The van der Waals surface area contributed by atoms with Crippen LogP contribution in [0.1, 0.15) is 35.4 Å². The predicted octanol–water partition coefficient (Wildman–Crippen LogP) is 3.48. The van der Waals surface area contributed by atoms with Crippen LogP contribution in [0.2, 0.25) is 0 Å². The molecule has 0 saturated carbocycles. The fourth-order valence-electron chi connectivity index (χ4n) is 3.18. The second-order valence-corrected chi connectivity index (χ2v) is 5.80. The number of hydrogen-bond donors (Lipinski definition) is 2. The predicted molar refractivity (Wildman–Crippen MR) is 85.0 cm³/mol. The maximum Gasteiger partial charge on any atom is 0.224 e. The number of carbonyl (C=O) groups is 1. The Morgan fingerprint density at radius 1 is 1.26 bits per heavy atom. The molecule has 5 heteroatoms. The monoisotopic (exact) mass is 316 g/mol. The number of fused-ring (bicyclic) bond motifs is 1. The summed E-state index contributed by atoms with van der Waals surface area (Å²) in [5.74, 6) is -0.937. The Bertz CT molecular complexity index is 746. The Kier molecular flexibility index (Phi) is 4.39. The molecule has 1 atom stereocenters. The number of amides is 1. The summed E-state index contributed by atoms with van der Waals surface area (Å²) in [6.07, 6.45) is 1.91. The molecule has 1 amide bonds. The maximum absolute atomic E-state index is 13.7. The van der Waals surface area contributed by atoms with Crippen molar-refractivity contribution in [3.8, 4) is 0 Å². The zero-order valence-corrected chi connectivity index (χ0v) is 12.6. The van der Waals surface area contributed by atoms with Gasteiger partial charge in [0.1, 0.15) is 11.6 Å². The largest absolute Gasteiger partial charge is 0.326 e. The topological polar surface area (TPSA) is 55.1 Å². The highest BCUT2D eigenvalue weighted by Gasteiger charge is 2.25. The lowest BCUT2D eigenvalue weighted by Gasteiger charge is -2.14. The third-order valence-electron chi connectivity index (χ3n) is 4.34. The first-order valence-corrected chi connectivity index (χ1v) is 7.64. The highest BCUT2D eigenvalue weighted by atomic mass is 19.1. The smallest absolute Gasteiger partial charge is 0.224 e. The Balaban J connectivity index is 1.72. The van der Waals surface area contributed by atoms with Crippen LogP contribution in [0.25, 0.3) is 0 Å². The second-order valence-electron chi connectivity index (χ2n) is 5.80. The van der Waals surface area contributed by atoms with Crippen molar-refractivity contribution in [1.82, 2.24) is 0 Å². The molecule has 0 spiro atoms. The zero-order valence-electron chi connectivity index (χ0n) is 12.6. The molecule has 1 unspecified atom stereocenters. The number of halogens is 2. The van der Waals surface area contributed by atoms with Gasteiger partial charge in [-0.25, -0.2) is 8.78 Å². The molecule has 23 heavy (non-hydrogen) atoms. The minimum atomic E-state index is -0.432. The minimum absolute atomic E-state index is 0.00409. The standard InChI is InChI=1S/C18H18F2N2O/c19-13-7-6-11-4-5-12(14(11)9-13)8-18(23)22-17-3-1-2-16(20)15(17)10-21/h1-3,6-7,9,12H,4-5,8,10,21H2,(H,22,23). The average molecular weight is 316 g/mol. The molecular weight excluding hydrogens is 298 g/mol. The highest BCUT2D eigenvalue weighted by molar-refractivity contribution is 5.92. The molecule has 120 valence electrons. The van der Waals surface area contributed by atoms with Gasteiger partial charge in [-0.1, -0.05) is 12.1 Å². The quantitative estimate of drug-likeness (QED) is 0.907. The first kappa shape index (κ1) is 15.6. The van der Waals surface area contributed by atoms with Gasteiger partial charge in [0.15, 0.2) is 0 Å². The van der Waals surface area contributed by atoms with Crippen LogP contribution < -0.4 is 11.1 Å². The maximum atomic E-state index is 13.7. The first-order chi connectivity index (χ1) is 11.1. The van der Waals surface area contributed by atoms with Gasteiger partial charge in [-0.05, 0) is 54.2 Å². The van der Waals surface area contributed by atoms with Crippen LogP contribution in [-0.4, -0.2) is 5.91 Å². The van der Waals surface area contributed by atoms with Crippen LogP contribution in [0.5, 0.6) is 0 Å². The van der Waals surface area contributed by atoms with Crippen LogP contribution in [0.15, 0.2) is 36.4 Å². The van der Waals surface area contributed by atoms with Gasteiger partial charge in [0.25, 0.3) is 0 Å². The van der Waals surface area contributed by atoms with Crippen molar-refractivity contribution in [3.05, 3.63) is 64.7 Å². The van der Waals surface area contributed by atoms with E-state index in [0.29, 0.717) is 11.3 Å². The Morgan fingerprint density at radius 2 is 2.09 bits per heavy atom. The van der Waals surface area contributed by atoms with Crippen molar-refractivity contribution in [2.75, 3.05) is 5.32 Å². The summed E-state index contributed by atoms with van der Waals surface area (Å²) in [4.78, 5) is 12.3. The fraction of sp³-hybridized carbons (Fsp3) is 0.278. The van der Waals surface area contributed by atoms with E-state index in [-0.39, 0.29) is 30.6 Å². The molecular formula is C18H18F2N2O. The van der Waals surface area contributed by atoms with E-state index in [0.717, 1.165) is 24.0 Å². The SMILES string of the molecule is NCc1c(F)cccc1NC(=O)CC1CCc2ccc(F)cc21. The van der Waals surface area contributed by atoms with Crippen LogP contribution in [0, 0.1) is 11.6 Å². The van der Waals surface area contributed by atoms with E-state index < -0.39 is 5.82 Å². The van der Waals surface area contributed by atoms with Gasteiger partial charge in [-0.15, -0.1) is 0 Å². The number of nitrogens with two attached hydrogens (primary N) is 1. The van der Waals surface area contributed by atoms with E-state index in [1.807, 2.05) is 0 Å². The molecule has 3 N–H and O–H groups in total. The summed E-state index contributed by atoms with van der Waals surface area (Å²) in [5, 5.41) is 2.72. The summed E-state index contributed by atoms with van der Waals surface area (Å²) >= 11 is 0. The molecule has 0 bridgehead atoms. The molecule has 2 aromatic carbocycles. The van der Waals surface area contributed by atoms with E-state index in [2.05, 4.69) is 5.32 Å². The number of nitrogens with one attached hydrogen (secondary N) is 1. The lowest BCUT2D eigenvalue weighted by Crippen LogP contribution is -2.17. The van der Waals surface area contributed by atoms with E-state index in [1.54, 1.807) is 12.1 Å². The molecule has 0 saturated heterocycles. The Labute approximate surface area is 133 Å². The fourth-order valence-corrected chi connectivity index (χ4v) is 3.18. The van der Waals surface area contributed by atoms with Crippen LogP contribution in [-0.2, 0) is 17.8 Å². The second kappa shape index (κ2) is 6.46. The molecule has 0 aromatic heterocycles. The minimum Gasteiger partial charge on any atom is -0.326 e. The van der Waals surface area contributed by atoms with Gasteiger partial charge in [0.05, 0.1) is 0 Å². The van der Waals surface area contributed by atoms with Gasteiger partial charge in [0.2, 0.25) is 5.91 Å². The number of carbonyl (C=O) groups excluding carboxylic acids is 1. The highest BCUT2D eigenvalue weighted by Crippen LogP contribution is 2.36. The van der Waals surface area contributed by atoms with E-state index in [9.17, 15) is 13.6 Å². The van der Waals surface area contributed by atoms with Crippen molar-refractivity contribution in [1.29, 1.82) is 0 Å². The summed E-state index contributed by atoms with van der Waals surface area (Å²) in [6.45, 7) is 0.0137. The van der Waals surface area contributed by atoms with E-state index in [1.165, 1.54) is 24.3 Å². The molecule has 3 nitrogen and oxygen atoms in total. The zero-order chi connectivity index (χ0) is 16.4. The van der Waals surface area contributed by atoms with E-state index in [4.69, 9.17) is 5.73 Å².